The van der Waals surface area contributed by atoms with Gasteiger partial charge in [-0.15, -0.1) is 0 Å². The highest BCUT2D eigenvalue weighted by molar-refractivity contribution is 5.94. The van der Waals surface area contributed by atoms with E-state index in [1.807, 2.05) is 23.1 Å². The van der Waals surface area contributed by atoms with E-state index >= 15 is 0 Å². The van der Waals surface area contributed by atoms with Crippen LogP contribution in [-0.2, 0) is 9.53 Å². The number of ether oxygens (including phenoxy) is 3. The summed E-state index contributed by atoms with van der Waals surface area (Å²) in [4.78, 5) is 25.9. The Kier molecular flexibility index (Phi) is 5.52. The van der Waals surface area contributed by atoms with Crippen molar-refractivity contribution in [2.24, 2.45) is 11.8 Å². The zero-order valence-electron chi connectivity index (χ0n) is 18.9. The highest BCUT2D eigenvalue weighted by atomic mass is 16.5. The molecule has 2 aromatic carbocycles. The van der Waals surface area contributed by atoms with Crippen molar-refractivity contribution < 1.29 is 28.9 Å². The minimum absolute atomic E-state index is 0.0107. The maximum atomic E-state index is 13.2. The Morgan fingerprint density at radius 1 is 1.18 bits per heavy atom. The quantitative estimate of drug-likeness (QED) is 0.758. The number of carbonyl (C=O) groups is 2. The molecule has 3 aliphatic heterocycles. The van der Waals surface area contributed by atoms with Gasteiger partial charge in [0.1, 0.15) is 17.1 Å². The van der Waals surface area contributed by atoms with Crippen LogP contribution in [0.3, 0.4) is 0 Å². The number of fused-ring (bicyclic) bond motifs is 4. The summed E-state index contributed by atoms with van der Waals surface area (Å²) in [5.41, 5.74) is 1.27. The zero-order valence-corrected chi connectivity index (χ0v) is 18.9. The van der Waals surface area contributed by atoms with Gasteiger partial charge in [0, 0.05) is 36.1 Å². The van der Waals surface area contributed by atoms with Gasteiger partial charge in [-0.25, -0.2) is 4.79 Å². The summed E-state index contributed by atoms with van der Waals surface area (Å²) in [6.07, 6.45) is 1.85. The first-order valence-corrected chi connectivity index (χ1v) is 11.5. The summed E-state index contributed by atoms with van der Waals surface area (Å²) in [7, 11) is 0. The Balaban J connectivity index is 1.31. The summed E-state index contributed by atoms with van der Waals surface area (Å²) in [5, 5.41) is 8.82. The van der Waals surface area contributed by atoms with Crippen LogP contribution in [0.15, 0.2) is 48.5 Å². The van der Waals surface area contributed by atoms with Crippen molar-refractivity contribution in [3.63, 3.8) is 0 Å². The number of piperidine rings is 1. The van der Waals surface area contributed by atoms with E-state index in [2.05, 4.69) is 19.9 Å². The van der Waals surface area contributed by atoms with Gasteiger partial charge in [-0.2, -0.15) is 0 Å². The Bertz CT molecular complexity index is 1070. The first-order valence-electron chi connectivity index (χ1n) is 11.5. The molecule has 4 atom stereocenters. The molecule has 1 N–H and O–H groups in total. The van der Waals surface area contributed by atoms with Gasteiger partial charge in [-0.05, 0) is 51.0 Å². The largest absolute Gasteiger partial charge is 0.487 e. The number of benzene rings is 2. The highest BCUT2D eigenvalue weighted by Crippen LogP contribution is 2.52. The second kappa shape index (κ2) is 8.37. The summed E-state index contributed by atoms with van der Waals surface area (Å²) in [5.74, 6) is 0.601. The third-order valence-electron chi connectivity index (χ3n) is 7.13. The number of aliphatic carboxylic acids is 1. The van der Waals surface area contributed by atoms with Crippen molar-refractivity contribution in [3.8, 4) is 11.5 Å². The monoisotopic (exact) mass is 451 g/mol. The molecule has 2 aromatic rings. The van der Waals surface area contributed by atoms with E-state index in [1.54, 1.807) is 24.3 Å². The first-order chi connectivity index (χ1) is 15.8. The number of amides is 1. The molecule has 7 heteroatoms. The van der Waals surface area contributed by atoms with Crippen molar-refractivity contribution in [1.82, 2.24) is 4.90 Å². The smallest absolute Gasteiger partial charge is 0.341 e. The molecular weight excluding hydrogens is 422 g/mol. The summed E-state index contributed by atoms with van der Waals surface area (Å²) >= 11 is 0. The van der Waals surface area contributed by atoms with Crippen LogP contribution in [0.5, 0.6) is 11.5 Å². The topological polar surface area (TPSA) is 85.3 Å². The lowest BCUT2D eigenvalue weighted by Crippen LogP contribution is -2.56. The fourth-order valence-electron chi connectivity index (χ4n) is 5.49. The molecule has 0 spiro atoms. The van der Waals surface area contributed by atoms with Gasteiger partial charge in [0.25, 0.3) is 5.91 Å². The molecule has 7 nitrogen and oxygen atoms in total. The van der Waals surface area contributed by atoms with Gasteiger partial charge in [0.05, 0.1) is 12.2 Å². The van der Waals surface area contributed by atoms with E-state index in [-0.39, 0.29) is 35.6 Å². The zero-order chi connectivity index (χ0) is 23.2. The van der Waals surface area contributed by atoms with Crippen molar-refractivity contribution in [2.45, 2.75) is 44.5 Å². The molecule has 0 saturated carbocycles. The number of nitrogens with zero attached hydrogens (tertiary/aromatic N) is 1. The molecule has 0 unspecified atom stereocenters. The van der Waals surface area contributed by atoms with Gasteiger partial charge >= 0.3 is 5.97 Å². The SMILES string of the molecule is CC1(C)Oc2ccccc2[C@H]2O[C@H]3CCN(C(=O)c4cccc(OCC(=O)O)c4)C[C@H]3C[C@@H]21. The van der Waals surface area contributed by atoms with Gasteiger partial charge < -0.3 is 24.2 Å². The van der Waals surface area contributed by atoms with E-state index < -0.39 is 12.6 Å². The highest BCUT2D eigenvalue weighted by Gasteiger charge is 2.51. The number of carboxylic acid groups (broad SMARTS) is 1. The fourth-order valence-corrected chi connectivity index (χ4v) is 5.49. The second-order valence-electron chi connectivity index (χ2n) is 9.69. The Morgan fingerprint density at radius 3 is 2.82 bits per heavy atom. The molecule has 174 valence electrons. The third kappa shape index (κ3) is 4.17. The number of carbonyl (C=O) groups excluding carboxylic acids is 1. The van der Waals surface area contributed by atoms with Crippen LogP contribution in [0.2, 0.25) is 0 Å². The molecule has 5 rings (SSSR count). The maximum Gasteiger partial charge on any atom is 0.341 e. The molecule has 0 radical (unpaired) electrons. The lowest BCUT2D eigenvalue weighted by molar-refractivity contribution is -0.184. The molecule has 2 fully saturated rings. The average molecular weight is 452 g/mol. The Morgan fingerprint density at radius 2 is 2.00 bits per heavy atom. The third-order valence-corrected chi connectivity index (χ3v) is 7.13. The van der Waals surface area contributed by atoms with Crippen LogP contribution < -0.4 is 9.47 Å². The second-order valence-corrected chi connectivity index (χ2v) is 9.69. The lowest BCUT2D eigenvalue weighted by Gasteiger charge is -2.53. The van der Waals surface area contributed by atoms with Crippen LogP contribution in [0.4, 0.5) is 0 Å². The molecule has 2 saturated heterocycles. The standard InChI is InChI=1S/C26H29NO6/c1-26(2)20-13-17-14-27(25(30)16-6-5-7-18(12-16)31-15-23(28)29)11-10-21(17)32-24(20)19-8-3-4-9-22(19)33-26/h3-9,12,17,20-21,24H,10-11,13-15H2,1-2H3,(H,28,29)/t17-,20+,21+,24-/m1/s1. The van der Waals surface area contributed by atoms with Gasteiger partial charge in [-0.1, -0.05) is 24.3 Å². The predicted molar refractivity (Wildman–Crippen MR) is 120 cm³/mol. The van der Waals surface area contributed by atoms with Gasteiger partial charge in [0.2, 0.25) is 0 Å². The molecular formula is C26H29NO6. The van der Waals surface area contributed by atoms with Gasteiger partial charge in [0.15, 0.2) is 6.61 Å². The summed E-state index contributed by atoms with van der Waals surface area (Å²) in [6, 6.07) is 14.9. The van der Waals surface area contributed by atoms with Gasteiger partial charge in [-0.3, -0.25) is 4.79 Å². The lowest BCUT2D eigenvalue weighted by atomic mass is 9.70. The van der Waals surface area contributed by atoms with Crippen LogP contribution in [0.1, 0.15) is 48.7 Å². The van der Waals surface area contributed by atoms with Crippen molar-refractivity contribution in [2.75, 3.05) is 19.7 Å². The molecule has 0 bridgehead atoms. The van der Waals surface area contributed by atoms with Crippen molar-refractivity contribution >= 4 is 11.9 Å². The van der Waals surface area contributed by atoms with Crippen LogP contribution in [0.25, 0.3) is 0 Å². The summed E-state index contributed by atoms with van der Waals surface area (Å²) in [6.45, 7) is 5.06. The van der Waals surface area contributed by atoms with Crippen LogP contribution in [0, 0.1) is 11.8 Å². The minimum atomic E-state index is -1.05. The van der Waals surface area contributed by atoms with E-state index in [9.17, 15) is 9.59 Å². The molecule has 0 aliphatic carbocycles. The molecule has 3 heterocycles. The number of likely N-dealkylation sites (tertiary alicyclic amines) is 1. The Labute approximate surface area is 193 Å². The van der Waals surface area contributed by atoms with Crippen LogP contribution >= 0.6 is 0 Å². The maximum absolute atomic E-state index is 13.2. The molecule has 3 aliphatic rings. The number of carboxylic acids is 1. The molecule has 33 heavy (non-hydrogen) atoms. The Hall–Kier alpha value is -3.06. The van der Waals surface area contributed by atoms with Crippen LogP contribution in [-0.4, -0.2) is 53.3 Å². The van der Waals surface area contributed by atoms with Crippen molar-refractivity contribution in [3.05, 3.63) is 59.7 Å². The predicted octanol–water partition coefficient (Wildman–Crippen LogP) is 3.93. The first kappa shape index (κ1) is 21.8. The molecule has 0 aromatic heterocycles. The van der Waals surface area contributed by atoms with E-state index in [0.29, 0.717) is 24.4 Å². The number of para-hydroxylation sites is 1. The fraction of sp³-hybridized carbons (Fsp3) is 0.462. The van der Waals surface area contributed by atoms with E-state index in [1.165, 1.54) is 0 Å². The van der Waals surface area contributed by atoms with E-state index in [4.69, 9.17) is 19.3 Å². The summed E-state index contributed by atoms with van der Waals surface area (Å²) < 4.78 is 18.3. The number of rotatable bonds is 4. The number of hydrogen-bond donors (Lipinski definition) is 1. The normalized spacial score (nSPS) is 27.4. The number of hydrogen-bond acceptors (Lipinski definition) is 5. The minimum Gasteiger partial charge on any atom is -0.487 e. The average Bonchev–Trinajstić information content (AvgIpc) is 2.81. The molecule has 1 amide bonds. The van der Waals surface area contributed by atoms with E-state index in [0.717, 1.165) is 24.2 Å². The van der Waals surface area contributed by atoms with Crippen molar-refractivity contribution in [1.29, 1.82) is 0 Å².